The third-order valence-corrected chi connectivity index (χ3v) is 5.45. The van der Waals surface area contributed by atoms with Crippen LogP contribution in [-0.2, 0) is 11.3 Å². The van der Waals surface area contributed by atoms with Crippen LogP contribution in [0.15, 0.2) is 30.3 Å². The summed E-state index contributed by atoms with van der Waals surface area (Å²) >= 11 is 1.54. The molecule has 1 aromatic heterocycles. The van der Waals surface area contributed by atoms with Gasteiger partial charge >= 0.3 is 0 Å². The Labute approximate surface area is 144 Å². The number of nitrogens with zero attached hydrogens (tertiary/aromatic N) is 1. The van der Waals surface area contributed by atoms with E-state index in [1.165, 1.54) is 11.3 Å². The third-order valence-electron chi connectivity index (χ3n) is 4.29. The van der Waals surface area contributed by atoms with Crippen LogP contribution in [-0.4, -0.2) is 31.3 Å². The molecule has 5 nitrogen and oxygen atoms in total. The second-order valence-electron chi connectivity index (χ2n) is 6.05. The second-order valence-corrected chi connectivity index (χ2v) is 7.17. The number of fused-ring (bicyclic) bond motifs is 1. The molecule has 2 aliphatic rings. The number of hydrogen-bond acceptors (Lipinski definition) is 5. The van der Waals surface area contributed by atoms with Crippen molar-refractivity contribution in [3.8, 4) is 11.5 Å². The molecule has 0 saturated carbocycles. The summed E-state index contributed by atoms with van der Waals surface area (Å²) in [6.45, 7) is 1.60. The van der Waals surface area contributed by atoms with Crippen LogP contribution in [0.2, 0.25) is 0 Å². The van der Waals surface area contributed by atoms with Crippen LogP contribution in [0.5, 0.6) is 11.5 Å². The first-order valence-corrected chi connectivity index (χ1v) is 8.88. The van der Waals surface area contributed by atoms with Gasteiger partial charge in [0.15, 0.2) is 11.5 Å². The SMILES string of the molecule is CN(Cc1ccc2c(c1)OCO2)C(=O)c1ccc(C2CCCO2)s1. The standard InChI is InChI=1S/C18H19NO4S/c1-19(10-12-4-5-13-15(9-12)23-11-22-13)18(20)17-7-6-16(24-17)14-3-2-8-21-14/h4-7,9,14H,2-3,8,10-11H2,1H3. The smallest absolute Gasteiger partial charge is 0.263 e. The summed E-state index contributed by atoms with van der Waals surface area (Å²) < 4.78 is 16.4. The van der Waals surface area contributed by atoms with E-state index < -0.39 is 0 Å². The van der Waals surface area contributed by atoms with Gasteiger partial charge in [0.1, 0.15) is 0 Å². The number of carbonyl (C=O) groups excluding carboxylic acids is 1. The third kappa shape index (κ3) is 2.99. The lowest BCUT2D eigenvalue weighted by Crippen LogP contribution is -2.25. The van der Waals surface area contributed by atoms with Crippen LogP contribution in [0.1, 0.15) is 39.1 Å². The highest BCUT2D eigenvalue weighted by Gasteiger charge is 2.22. The maximum Gasteiger partial charge on any atom is 0.263 e. The largest absolute Gasteiger partial charge is 0.454 e. The molecule has 1 unspecified atom stereocenters. The topological polar surface area (TPSA) is 48.0 Å². The van der Waals surface area contributed by atoms with E-state index in [1.54, 1.807) is 4.90 Å². The predicted molar refractivity (Wildman–Crippen MR) is 90.6 cm³/mol. The zero-order valence-corrected chi connectivity index (χ0v) is 14.3. The van der Waals surface area contributed by atoms with Crippen molar-refractivity contribution in [2.24, 2.45) is 0 Å². The second kappa shape index (κ2) is 6.45. The van der Waals surface area contributed by atoms with E-state index in [2.05, 4.69) is 0 Å². The summed E-state index contributed by atoms with van der Waals surface area (Å²) in [6.07, 6.45) is 2.30. The lowest BCUT2D eigenvalue weighted by atomic mass is 10.2. The van der Waals surface area contributed by atoms with Crippen LogP contribution < -0.4 is 9.47 Å². The van der Waals surface area contributed by atoms with E-state index in [0.717, 1.165) is 46.3 Å². The Hall–Kier alpha value is -2.05. The molecule has 3 heterocycles. The van der Waals surface area contributed by atoms with Crippen molar-refractivity contribution in [2.75, 3.05) is 20.4 Å². The van der Waals surface area contributed by atoms with Crippen molar-refractivity contribution in [2.45, 2.75) is 25.5 Å². The van der Waals surface area contributed by atoms with Crippen molar-refractivity contribution < 1.29 is 19.0 Å². The Morgan fingerprint density at radius 2 is 2.12 bits per heavy atom. The molecule has 1 fully saturated rings. The minimum absolute atomic E-state index is 0.0295. The number of ether oxygens (including phenoxy) is 3. The van der Waals surface area contributed by atoms with Crippen LogP contribution in [0.3, 0.4) is 0 Å². The van der Waals surface area contributed by atoms with Gasteiger partial charge in [0.05, 0.1) is 11.0 Å². The van der Waals surface area contributed by atoms with Crippen LogP contribution in [0, 0.1) is 0 Å². The molecule has 0 radical (unpaired) electrons. The van der Waals surface area contributed by atoms with Crippen LogP contribution in [0.25, 0.3) is 0 Å². The van der Waals surface area contributed by atoms with Crippen LogP contribution >= 0.6 is 11.3 Å². The molecule has 0 aliphatic carbocycles. The summed E-state index contributed by atoms with van der Waals surface area (Å²) in [5.41, 5.74) is 1.02. The molecular weight excluding hydrogens is 326 g/mol. The average molecular weight is 345 g/mol. The van der Waals surface area contributed by atoms with Crippen molar-refractivity contribution in [3.63, 3.8) is 0 Å². The van der Waals surface area contributed by atoms with Crippen molar-refractivity contribution >= 4 is 17.2 Å². The molecular formula is C18H19NO4S. The fourth-order valence-corrected chi connectivity index (χ4v) is 4.10. The first-order valence-electron chi connectivity index (χ1n) is 8.06. The Balaban J connectivity index is 1.44. The molecule has 0 N–H and O–H groups in total. The molecule has 24 heavy (non-hydrogen) atoms. The van der Waals surface area contributed by atoms with Crippen molar-refractivity contribution in [3.05, 3.63) is 45.6 Å². The number of hydrogen-bond donors (Lipinski definition) is 0. The first kappa shape index (κ1) is 15.5. The van der Waals surface area contributed by atoms with Gasteiger partial charge in [-0.15, -0.1) is 11.3 Å². The van der Waals surface area contributed by atoms with Gasteiger partial charge in [-0.05, 0) is 42.7 Å². The average Bonchev–Trinajstić information content (AvgIpc) is 3.32. The minimum atomic E-state index is 0.0295. The van der Waals surface area contributed by atoms with Gasteiger partial charge in [0.2, 0.25) is 6.79 Å². The quantitative estimate of drug-likeness (QED) is 0.849. The molecule has 1 amide bonds. The van der Waals surface area contributed by atoms with E-state index >= 15 is 0 Å². The van der Waals surface area contributed by atoms with Gasteiger partial charge in [-0.1, -0.05) is 6.07 Å². The summed E-state index contributed by atoms with van der Waals surface area (Å²) in [5.74, 6) is 1.53. The van der Waals surface area contributed by atoms with E-state index in [1.807, 2.05) is 37.4 Å². The van der Waals surface area contributed by atoms with Gasteiger partial charge in [0, 0.05) is 25.1 Å². The van der Waals surface area contributed by atoms with Gasteiger partial charge < -0.3 is 19.1 Å². The van der Waals surface area contributed by atoms with E-state index in [-0.39, 0.29) is 18.8 Å². The highest BCUT2D eigenvalue weighted by Crippen LogP contribution is 2.34. The van der Waals surface area contributed by atoms with Crippen molar-refractivity contribution in [1.29, 1.82) is 0 Å². The fraction of sp³-hybridized carbons (Fsp3) is 0.389. The zero-order chi connectivity index (χ0) is 16.5. The molecule has 6 heteroatoms. The summed E-state index contributed by atoms with van der Waals surface area (Å²) in [4.78, 5) is 16.3. The summed E-state index contributed by atoms with van der Waals surface area (Å²) in [5, 5.41) is 0. The number of benzene rings is 1. The van der Waals surface area contributed by atoms with E-state index in [9.17, 15) is 4.79 Å². The zero-order valence-electron chi connectivity index (χ0n) is 13.5. The first-order chi connectivity index (χ1) is 11.7. The maximum absolute atomic E-state index is 12.7. The van der Waals surface area contributed by atoms with E-state index in [0.29, 0.717) is 6.54 Å². The number of thiophene rings is 1. The Morgan fingerprint density at radius 3 is 2.96 bits per heavy atom. The predicted octanol–water partition coefficient (Wildman–Crippen LogP) is 3.60. The highest BCUT2D eigenvalue weighted by atomic mass is 32.1. The van der Waals surface area contributed by atoms with E-state index in [4.69, 9.17) is 14.2 Å². The van der Waals surface area contributed by atoms with Crippen LogP contribution in [0.4, 0.5) is 0 Å². The lowest BCUT2D eigenvalue weighted by Gasteiger charge is -2.16. The molecule has 1 atom stereocenters. The Kier molecular flexibility index (Phi) is 4.16. The normalized spacial score (nSPS) is 18.8. The molecule has 126 valence electrons. The fourth-order valence-electron chi connectivity index (χ4n) is 3.02. The maximum atomic E-state index is 12.7. The summed E-state index contributed by atoms with van der Waals surface area (Å²) in [7, 11) is 1.82. The van der Waals surface area contributed by atoms with Gasteiger partial charge in [-0.3, -0.25) is 4.79 Å². The number of carbonyl (C=O) groups is 1. The van der Waals surface area contributed by atoms with Gasteiger partial charge in [0.25, 0.3) is 5.91 Å². The molecule has 0 spiro atoms. The molecule has 2 aliphatic heterocycles. The Bertz CT molecular complexity index is 751. The lowest BCUT2D eigenvalue weighted by molar-refractivity contribution is 0.0789. The molecule has 1 saturated heterocycles. The monoisotopic (exact) mass is 345 g/mol. The minimum Gasteiger partial charge on any atom is -0.454 e. The molecule has 4 rings (SSSR count). The highest BCUT2D eigenvalue weighted by molar-refractivity contribution is 7.14. The number of rotatable bonds is 4. The van der Waals surface area contributed by atoms with Gasteiger partial charge in [-0.25, -0.2) is 0 Å². The molecule has 1 aromatic carbocycles. The molecule has 0 bridgehead atoms. The molecule has 2 aromatic rings. The number of amides is 1. The Morgan fingerprint density at radius 1 is 1.25 bits per heavy atom. The van der Waals surface area contributed by atoms with Gasteiger partial charge in [-0.2, -0.15) is 0 Å². The summed E-state index contributed by atoms with van der Waals surface area (Å²) in [6, 6.07) is 9.70. The van der Waals surface area contributed by atoms with Crippen molar-refractivity contribution in [1.82, 2.24) is 4.90 Å².